The van der Waals surface area contributed by atoms with Gasteiger partial charge in [0.15, 0.2) is 17.3 Å². The summed E-state index contributed by atoms with van der Waals surface area (Å²) in [5.74, 6) is -4.46. The van der Waals surface area contributed by atoms with E-state index < -0.39 is 29.4 Å². The zero-order valence-corrected chi connectivity index (χ0v) is 16.9. The molecule has 0 radical (unpaired) electrons. The van der Waals surface area contributed by atoms with Crippen molar-refractivity contribution in [1.29, 1.82) is 0 Å². The second-order valence-electron chi connectivity index (χ2n) is 7.68. The fraction of sp³-hybridized carbons (Fsp3) is 0.227. The zero-order valence-electron chi connectivity index (χ0n) is 16.9. The first-order valence-electron chi connectivity index (χ1n) is 9.85. The van der Waals surface area contributed by atoms with Crippen molar-refractivity contribution in [1.82, 2.24) is 14.5 Å². The number of carbonyl (C=O) groups is 2. The van der Waals surface area contributed by atoms with Gasteiger partial charge in [-0.3, -0.25) is 9.59 Å². The van der Waals surface area contributed by atoms with Gasteiger partial charge in [-0.25, -0.2) is 18.2 Å². The second kappa shape index (κ2) is 8.46. The third-order valence-electron chi connectivity index (χ3n) is 5.41. The number of nitrogens with two attached hydrogens (primary N) is 2. The molecule has 1 aliphatic rings. The molecule has 0 aliphatic carbocycles. The van der Waals surface area contributed by atoms with Crippen molar-refractivity contribution in [3.05, 3.63) is 82.7 Å². The lowest BCUT2D eigenvalue weighted by molar-refractivity contribution is -0.132. The first kappa shape index (κ1) is 21.6. The van der Waals surface area contributed by atoms with E-state index in [4.69, 9.17) is 11.5 Å². The van der Waals surface area contributed by atoms with E-state index in [1.807, 2.05) is 24.3 Å². The molecule has 7 nitrogen and oxygen atoms in total. The zero-order chi connectivity index (χ0) is 23.0. The number of rotatable bonds is 5. The molecule has 0 spiro atoms. The number of para-hydroxylation sites is 1. The van der Waals surface area contributed by atoms with Crippen LogP contribution in [0, 0.1) is 17.5 Å². The highest BCUT2D eigenvalue weighted by atomic mass is 19.2. The van der Waals surface area contributed by atoms with Gasteiger partial charge < -0.3 is 20.9 Å². The predicted octanol–water partition coefficient (Wildman–Crippen LogP) is 2.19. The number of aromatic nitrogens is 2. The van der Waals surface area contributed by atoms with Crippen molar-refractivity contribution in [2.75, 3.05) is 0 Å². The van der Waals surface area contributed by atoms with E-state index >= 15 is 0 Å². The van der Waals surface area contributed by atoms with Crippen LogP contribution in [0.15, 0.2) is 42.7 Å². The maximum atomic E-state index is 13.9. The molecule has 4 N–H and O–H groups in total. The van der Waals surface area contributed by atoms with Gasteiger partial charge in [-0.15, -0.1) is 0 Å². The van der Waals surface area contributed by atoms with Crippen molar-refractivity contribution in [2.45, 2.75) is 32.0 Å². The van der Waals surface area contributed by atoms with Gasteiger partial charge in [0.05, 0.1) is 17.9 Å². The first-order chi connectivity index (χ1) is 15.2. The Bertz CT molecular complexity index is 1210. The summed E-state index contributed by atoms with van der Waals surface area (Å²) in [6.07, 6.45) is 1.17. The molecule has 0 saturated heterocycles. The lowest BCUT2D eigenvalue weighted by Crippen LogP contribution is -2.36. The summed E-state index contributed by atoms with van der Waals surface area (Å²) in [5, 5.41) is 0. The number of halogens is 3. The summed E-state index contributed by atoms with van der Waals surface area (Å²) < 4.78 is 42.3. The van der Waals surface area contributed by atoms with Gasteiger partial charge in [0.1, 0.15) is 12.1 Å². The highest BCUT2D eigenvalue weighted by Crippen LogP contribution is 2.27. The van der Waals surface area contributed by atoms with Crippen LogP contribution in [0.4, 0.5) is 13.2 Å². The summed E-state index contributed by atoms with van der Waals surface area (Å²) in [6.45, 7) is 0.319. The van der Waals surface area contributed by atoms with E-state index in [1.54, 1.807) is 4.57 Å². The summed E-state index contributed by atoms with van der Waals surface area (Å²) in [6, 6.07) is 7.72. The van der Waals surface area contributed by atoms with Gasteiger partial charge in [0, 0.05) is 25.1 Å². The van der Waals surface area contributed by atoms with Gasteiger partial charge in [-0.2, -0.15) is 0 Å². The third-order valence-corrected chi connectivity index (χ3v) is 5.41. The number of hydrogen-bond acceptors (Lipinski definition) is 4. The number of hydrogen-bond donors (Lipinski definition) is 2. The van der Waals surface area contributed by atoms with Crippen LogP contribution < -0.4 is 11.5 Å². The van der Waals surface area contributed by atoms with Crippen molar-refractivity contribution < 1.29 is 22.8 Å². The van der Waals surface area contributed by atoms with Crippen LogP contribution in [0.2, 0.25) is 0 Å². The highest BCUT2D eigenvalue weighted by molar-refractivity contribution is 5.92. The molecule has 2 heterocycles. The van der Waals surface area contributed by atoms with Crippen LogP contribution in [0.1, 0.15) is 33.7 Å². The van der Waals surface area contributed by atoms with Crippen molar-refractivity contribution in [2.24, 2.45) is 11.5 Å². The van der Waals surface area contributed by atoms with E-state index in [9.17, 15) is 22.8 Å². The molecule has 0 unspecified atom stereocenters. The summed E-state index contributed by atoms with van der Waals surface area (Å²) in [7, 11) is 0. The summed E-state index contributed by atoms with van der Waals surface area (Å²) in [5.41, 5.74) is 13.5. The Hall–Kier alpha value is -3.66. The normalized spacial score (nSPS) is 13.8. The van der Waals surface area contributed by atoms with Gasteiger partial charge >= 0.3 is 0 Å². The molecule has 0 bridgehead atoms. The third kappa shape index (κ3) is 4.09. The van der Waals surface area contributed by atoms with Crippen LogP contribution in [0.25, 0.3) is 5.69 Å². The number of amides is 2. The number of fused-ring (bicyclic) bond motifs is 3. The van der Waals surface area contributed by atoms with E-state index in [1.165, 1.54) is 11.2 Å². The quantitative estimate of drug-likeness (QED) is 0.590. The lowest BCUT2D eigenvalue weighted by atomic mass is 10.0. The molecule has 1 atom stereocenters. The van der Waals surface area contributed by atoms with Crippen LogP contribution in [-0.2, 0) is 24.3 Å². The number of benzene rings is 2. The molecule has 166 valence electrons. The molecule has 4 rings (SSSR count). The van der Waals surface area contributed by atoms with E-state index in [0.29, 0.717) is 11.8 Å². The first-order valence-corrected chi connectivity index (χ1v) is 9.85. The largest absolute Gasteiger partial charge is 0.364 e. The van der Waals surface area contributed by atoms with Gasteiger partial charge in [-0.05, 0) is 29.7 Å². The van der Waals surface area contributed by atoms with E-state index in [0.717, 1.165) is 17.3 Å². The Morgan fingerprint density at radius 1 is 1.06 bits per heavy atom. The minimum Gasteiger partial charge on any atom is -0.364 e. The van der Waals surface area contributed by atoms with Crippen molar-refractivity contribution in [3.63, 3.8) is 0 Å². The highest BCUT2D eigenvalue weighted by Gasteiger charge is 2.28. The van der Waals surface area contributed by atoms with Crippen molar-refractivity contribution >= 4 is 11.8 Å². The molecular weight excluding hydrogens is 423 g/mol. The smallest absolute Gasteiger partial charge is 0.269 e. The Morgan fingerprint density at radius 3 is 2.53 bits per heavy atom. The Balaban J connectivity index is 1.57. The summed E-state index contributed by atoms with van der Waals surface area (Å²) in [4.78, 5) is 30.5. The van der Waals surface area contributed by atoms with Crippen LogP contribution >= 0.6 is 0 Å². The molecule has 2 aromatic carbocycles. The predicted molar refractivity (Wildman–Crippen MR) is 109 cm³/mol. The van der Waals surface area contributed by atoms with Gasteiger partial charge in [0.25, 0.3) is 5.91 Å². The van der Waals surface area contributed by atoms with Gasteiger partial charge in [-0.1, -0.05) is 18.2 Å². The minimum absolute atomic E-state index is 0.0626. The van der Waals surface area contributed by atoms with Gasteiger partial charge in [0.2, 0.25) is 5.91 Å². The average Bonchev–Trinajstić information content (AvgIpc) is 3.08. The number of carbonyl (C=O) groups excluding carboxylic acids is 2. The fourth-order valence-electron chi connectivity index (χ4n) is 3.86. The molecule has 10 heteroatoms. The molecule has 0 fully saturated rings. The van der Waals surface area contributed by atoms with Crippen LogP contribution in [0.3, 0.4) is 0 Å². The maximum Gasteiger partial charge on any atom is 0.269 e. The average molecular weight is 443 g/mol. The maximum absolute atomic E-state index is 13.9. The number of primary amides is 1. The molecule has 3 aromatic rings. The molecule has 32 heavy (non-hydrogen) atoms. The molecule has 2 amide bonds. The van der Waals surface area contributed by atoms with E-state index in [2.05, 4.69) is 4.98 Å². The molecular formula is C22H20F3N5O2. The SMILES string of the molecule is NC(=O)c1ncn2c1CN(C(=O)C[C@H](N)Cc1cc(F)c(F)cc1F)Cc1ccccc1-2. The Labute approximate surface area is 181 Å². The Kier molecular flexibility index (Phi) is 5.70. The Morgan fingerprint density at radius 2 is 1.78 bits per heavy atom. The number of imidazole rings is 1. The lowest BCUT2D eigenvalue weighted by Gasteiger charge is -2.23. The molecule has 1 aromatic heterocycles. The molecule has 0 saturated carbocycles. The second-order valence-corrected chi connectivity index (χ2v) is 7.68. The number of nitrogens with zero attached hydrogens (tertiary/aromatic N) is 3. The topological polar surface area (TPSA) is 107 Å². The van der Waals surface area contributed by atoms with Crippen molar-refractivity contribution in [3.8, 4) is 5.69 Å². The van der Waals surface area contributed by atoms with Crippen LogP contribution in [-0.4, -0.2) is 32.3 Å². The molecule has 1 aliphatic heterocycles. The van der Waals surface area contributed by atoms with Crippen LogP contribution in [0.5, 0.6) is 0 Å². The fourth-order valence-corrected chi connectivity index (χ4v) is 3.86. The van der Waals surface area contributed by atoms with E-state index in [-0.39, 0.29) is 43.1 Å². The summed E-state index contributed by atoms with van der Waals surface area (Å²) >= 11 is 0. The monoisotopic (exact) mass is 443 g/mol. The minimum atomic E-state index is -1.29. The standard InChI is InChI=1S/C22H20F3N5O2/c23-15-8-17(25)16(24)6-13(15)5-14(26)7-20(31)29-9-12-3-1-2-4-18(12)30-11-28-21(22(27)32)19(30)10-29/h1-4,6,8,11,14H,5,7,9-10,26H2,(H2,27,32)/t14-/m1/s1.